The summed E-state index contributed by atoms with van der Waals surface area (Å²) in [5, 5.41) is 9.50. The van der Waals surface area contributed by atoms with Crippen molar-refractivity contribution in [2.24, 2.45) is 0 Å². The minimum Gasteiger partial charge on any atom is -0.444 e. The second-order valence-corrected chi connectivity index (χ2v) is 12.7. The van der Waals surface area contributed by atoms with Gasteiger partial charge < -0.3 is 19.7 Å². The van der Waals surface area contributed by atoms with Crippen LogP contribution in [0.4, 0.5) is 15.3 Å². The minimum absolute atomic E-state index is 0.0526. The van der Waals surface area contributed by atoms with Gasteiger partial charge in [0, 0.05) is 56.6 Å². The number of ketones is 1. The molecule has 0 aliphatic carbocycles. The molecule has 2 aromatic carbocycles. The van der Waals surface area contributed by atoms with Crippen LogP contribution in [0.2, 0.25) is 0 Å². The molecule has 44 heavy (non-hydrogen) atoms. The summed E-state index contributed by atoms with van der Waals surface area (Å²) in [6, 6.07) is 17.5. The Kier molecular flexibility index (Phi) is 12.3. The summed E-state index contributed by atoms with van der Waals surface area (Å²) >= 11 is 1.42. The first-order chi connectivity index (χ1) is 21.2. The van der Waals surface area contributed by atoms with E-state index in [4.69, 9.17) is 9.47 Å². The number of carbonyl (C=O) groups excluding carboxylic acids is 3. The van der Waals surface area contributed by atoms with E-state index in [-0.39, 0.29) is 18.2 Å². The number of ether oxygens (including phenoxy) is 2. The van der Waals surface area contributed by atoms with Gasteiger partial charge in [-0.3, -0.25) is 15.0 Å². The van der Waals surface area contributed by atoms with Crippen LogP contribution in [-0.2, 0) is 28.9 Å². The maximum atomic E-state index is 13.2. The lowest BCUT2D eigenvalue weighted by molar-refractivity contribution is 0.0364. The van der Waals surface area contributed by atoms with Crippen molar-refractivity contribution in [1.82, 2.24) is 15.1 Å². The highest BCUT2D eigenvalue weighted by atomic mass is 32.1. The molecule has 1 fully saturated rings. The Bertz CT molecular complexity index is 1350. The molecule has 2 heterocycles. The van der Waals surface area contributed by atoms with Gasteiger partial charge in [0.1, 0.15) is 5.60 Å². The molecule has 1 aliphatic heterocycles. The van der Waals surface area contributed by atoms with Crippen LogP contribution >= 0.6 is 11.3 Å². The van der Waals surface area contributed by atoms with Crippen LogP contribution in [-0.4, -0.2) is 79.2 Å². The Hall–Kier alpha value is -3.73. The number of Topliss-reactive ketones (excluding diaryl/α,β-unsaturated/α-hetero) is 1. The van der Waals surface area contributed by atoms with E-state index in [2.05, 4.69) is 27.7 Å². The van der Waals surface area contributed by atoms with Crippen molar-refractivity contribution < 1.29 is 23.9 Å². The van der Waals surface area contributed by atoms with Crippen molar-refractivity contribution in [2.45, 2.75) is 52.2 Å². The van der Waals surface area contributed by atoms with E-state index in [1.807, 2.05) is 52.7 Å². The Morgan fingerprint density at radius 1 is 0.977 bits per heavy atom. The van der Waals surface area contributed by atoms with E-state index in [0.29, 0.717) is 30.9 Å². The molecule has 1 aromatic heterocycles. The average molecular weight is 621 g/mol. The molecule has 0 saturated carbocycles. The molecule has 0 spiro atoms. The fraction of sp³-hybridized carbons (Fsp3) is 0.441. The lowest BCUT2D eigenvalue weighted by Crippen LogP contribution is -2.42. The second kappa shape index (κ2) is 16.4. The molecule has 1 aliphatic rings. The molecular formula is C34H44N4O5S. The normalized spacial score (nSPS) is 13.7. The molecule has 0 unspecified atom stereocenters. The number of nitrogens with zero attached hydrogens (tertiary/aromatic N) is 2. The van der Waals surface area contributed by atoms with Gasteiger partial charge in [0.15, 0.2) is 5.78 Å². The molecule has 0 atom stereocenters. The maximum Gasteiger partial charge on any atom is 0.412 e. The zero-order chi connectivity index (χ0) is 31.4. The van der Waals surface area contributed by atoms with Crippen molar-refractivity contribution >= 4 is 34.9 Å². The second-order valence-electron chi connectivity index (χ2n) is 11.9. The summed E-state index contributed by atoms with van der Waals surface area (Å²) in [5.74, 6) is -0.0526. The Balaban J connectivity index is 1.33. The zero-order valence-electron chi connectivity index (χ0n) is 26.0. The number of rotatable bonds is 13. The number of benzene rings is 2. The van der Waals surface area contributed by atoms with E-state index < -0.39 is 11.7 Å². The number of hydrogen-bond donors (Lipinski definition) is 2. The number of morpholine rings is 1. The average Bonchev–Trinajstić information content (AvgIpc) is 3.42. The topological polar surface area (TPSA) is 100 Å². The number of anilines is 1. The highest BCUT2D eigenvalue weighted by Crippen LogP contribution is 2.24. The summed E-state index contributed by atoms with van der Waals surface area (Å²) in [4.78, 5) is 42.8. The van der Waals surface area contributed by atoms with Gasteiger partial charge in [-0.2, -0.15) is 0 Å². The first kappa shape index (κ1) is 33.2. The van der Waals surface area contributed by atoms with Gasteiger partial charge in [0.25, 0.3) is 0 Å². The standard InChI is InChI=1S/C34H44N4O5S/c1-34(2,3)43-33(41)36-30-25-44-24-29(30)22-31(39)28-12-10-27(11-13-28)23-38(17-7-16-37-18-20-42-21-19-37)32(40)35-15-14-26-8-5-4-6-9-26/h4-6,8-13,24-25H,7,14-23H2,1-3H3,(H,35,40)(H,36,41). The van der Waals surface area contributed by atoms with Crippen LogP contribution in [0, 0.1) is 0 Å². The number of amides is 3. The number of urea groups is 1. The minimum atomic E-state index is -0.612. The van der Waals surface area contributed by atoms with E-state index in [9.17, 15) is 14.4 Å². The lowest BCUT2D eigenvalue weighted by Gasteiger charge is -2.28. The van der Waals surface area contributed by atoms with E-state index in [0.717, 1.165) is 56.8 Å². The Labute approximate surface area is 264 Å². The van der Waals surface area contributed by atoms with Crippen LogP contribution in [0.25, 0.3) is 0 Å². The smallest absolute Gasteiger partial charge is 0.412 e. The fourth-order valence-electron chi connectivity index (χ4n) is 4.91. The molecule has 0 bridgehead atoms. The number of nitrogens with one attached hydrogen (secondary N) is 2. The van der Waals surface area contributed by atoms with E-state index >= 15 is 0 Å². The van der Waals surface area contributed by atoms with Gasteiger partial charge >= 0.3 is 12.1 Å². The number of carbonyl (C=O) groups is 3. The quantitative estimate of drug-likeness (QED) is 0.228. The predicted octanol–water partition coefficient (Wildman–Crippen LogP) is 6.00. The maximum absolute atomic E-state index is 13.2. The monoisotopic (exact) mass is 620 g/mol. The SMILES string of the molecule is CC(C)(C)OC(=O)Nc1cscc1CC(=O)c1ccc(CN(CCCN2CCOCC2)C(=O)NCCc2ccccc2)cc1. The molecule has 3 amide bonds. The van der Waals surface area contributed by atoms with Gasteiger partial charge in [-0.05, 0) is 55.7 Å². The molecule has 10 heteroatoms. The van der Waals surface area contributed by atoms with E-state index in [1.165, 1.54) is 16.9 Å². The highest BCUT2D eigenvalue weighted by Gasteiger charge is 2.20. The third kappa shape index (κ3) is 11.1. The van der Waals surface area contributed by atoms with Crippen LogP contribution in [0.5, 0.6) is 0 Å². The molecule has 2 N–H and O–H groups in total. The third-order valence-electron chi connectivity index (χ3n) is 7.20. The van der Waals surface area contributed by atoms with Crippen molar-refractivity contribution in [3.05, 3.63) is 87.6 Å². The van der Waals surface area contributed by atoms with Crippen molar-refractivity contribution in [3.63, 3.8) is 0 Å². The third-order valence-corrected chi connectivity index (χ3v) is 8.00. The highest BCUT2D eigenvalue weighted by molar-refractivity contribution is 7.08. The van der Waals surface area contributed by atoms with E-state index in [1.54, 1.807) is 26.2 Å². The zero-order valence-corrected chi connectivity index (χ0v) is 26.8. The molecule has 3 aromatic rings. The first-order valence-corrected chi connectivity index (χ1v) is 16.1. The molecule has 1 saturated heterocycles. The number of hydrogen-bond acceptors (Lipinski definition) is 7. The molecule has 0 radical (unpaired) electrons. The molecule has 236 valence electrons. The van der Waals surface area contributed by atoms with Gasteiger partial charge in [0.2, 0.25) is 0 Å². The van der Waals surface area contributed by atoms with Crippen LogP contribution < -0.4 is 10.6 Å². The Morgan fingerprint density at radius 2 is 1.70 bits per heavy atom. The van der Waals surface area contributed by atoms with Crippen LogP contribution in [0.1, 0.15) is 54.2 Å². The van der Waals surface area contributed by atoms with Crippen molar-refractivity contribution in [2.75, 3.05) is 51.3 Å². The summed E-state index contributed by atoms with van der Waals surface area (Å²) < 4.78 is 10.8. The number of thiophene rings is 1. The van der Waals surface area contributed by atoms with Crippen LogP contribution in [0.3, 0.4) is 0 Å². The largest absolute Gasteiger partial charge is 0.444 e. The Morgan fingerprint density at radius 3 is 2.41 bits per heavy atom. The summed E-state index contributed by atoms with van der Waals surface area (Å²) in [5.41, 5.74) is 3.43. The van der Waals surface area contributed by atoms with Gasteiger partial charge in [-0.1, -0.05) is 54.6 Å². The summed E-state index contributed by atoms with van der Waals surface area (Å²) in [6.07, 6.45) is 1.24. The van der Waals surface area contributed by atoms with Crippen molar-refractivity contribution in [1.29, 1.82) is 0 Å². The van der Waals surface area contributed by atoms with Gasteiger partial charge in [-0.15, -0.1) is 11.3 Å². The van der Waals surface area contributed by atoms with Crippen LogP contribution in [0.15, 0.2) is 65.4 Å². The molecule has 4 rings (SSSR count). The summed E-state index contributed by atoms with van der Waals surface area (Å²) in [7, 11) is 0. The fourth-order valence-corrected chi connectivity index (χ4v) is 5.70. The molecular weight excluding hydrogens is 576 g/mol. The predicted molar refractivity (Wildman–Crippen MR) is 174 cm³/mol. The first-order valence-electron chi connectivity index (χ1n) is 15.2. The lowest BCUT2D eigenvalue weighted by atomic mass is 10.0. The van der Waals surface area contributed by atoms with Gasteiger partial charge in [0.05, 0.1) is 18.9 Å². The van der Waals surface area contributed by atoms with Crippen molar-refractivity contribution in [3.8, 4) is 0 Å². The van der Waals surface area contributed by atoms with Gasteiger partial charge in [-0.25, -0.2) is 9.59 Å². The molecule has 9 nitrogen and oxygen atoms in total. The summed E-state index contributed by atoms with van der Waals surface area (Å²) in [6.45, 7) is 11.3.